The molecular formula is C76H110BClF2N10O8Si4. The summed E-state index contributed by atoms with van der Waals surface area (Å²) in [4.78, 5) is 24.1. The van der Waals surface area contributed by atoms with Crippen molar-refractivity contribution < 1.29 is 47.3 Å². The summed E-state index contributed by atoms with van der Waals surface area (Å²) in [5.74, 6) is 5.35. The van der Waals surface area contributed by atoms with Crippen molar-refractivity contribution in [2.24, 2.45) is 23.7 Å². The van der Waals surface area contributed by atoms with Crippen LogP contribution in [-0.2, 0) is 18.9 Å². The van der Waals surface area contributed by atoms with Crippen molar-refractivity contribution in [3.8, 4) is 45.0 Å². The lowest BCUT2D eigenvalue weighted by molar-refractivity contribution is 0.0940. The number of rotatable bonds is 30. The van der Waals surface area contributed by atoms with Gasteiger partial charge in [0.1, 0.15) is 43.7 Å². The first-order valence-corrected chi connectivity index (χ1v) is 51.9. The Hall–Kier alpha value is -5.98. The zero-order valence-corrected chi connectivity index (χ0v) is 67.5. The van der Waals surface area contributed by atoms with Gasteiger partial charge in [-0.25, -0.2) is 23.7 Å². The lowest BCUT2D eigenvalue weighted by Gasteiger charge is -2.30. The fourth-order valence-electron chi connectivity index (χ4n) is 14.2. The Bertz CT molecular complexity index is 3960. The van der Waals surface area contributed by atoms with Crippen molar-refractivity contribution in [3.63, 3.8) is 0 Å². The second kappa shape index (κ2) is 35.0. The van der Waals surface area contributed by atoms with Crippen LogP contribution in [0.1, 0.15) is 87.4 Å². The summed E-state index contributed by atoms with van der Waals surface area (Å²) in [7, 11) is -3.71. The molecule has 6 aromatic heterocycles. The van der Waals surface area contributed by atoms with Gasteiger partial charge < -0.3 is 48.3 Å². The maximum Gasteiger partial charge on any atom is 0.488 e. The first-order valence-electron chi connectivity index (χ1n) is 36.7. The monoisotopic (exact) mass is 1490 g/mol. The zero-order valence-electron chi connectivity index (χ0n) is 62.8. The Morgan fingerprint density at radius 1 is 0.480 bits per heavy atom. The van der Waals surface area contributed by atoms with Crippen LogP contribution in [0.5, 0.6) is 11.5 Å². The second-order valence-corrected chi connectivity index (χ2v) is 56.4. The zero-order chi connectivity index (χ0) is 73.1. The van der Waals surface area contributed by atoms with E-state index < -0.39 is 51.0 Å². The van der Waals surface area contributed by atoms with Gasteiger partial charge in [-0.05, 0) is 140 Å². The molecule has 102 heavy (non-hydrogen) atoms. The fourth-order valence-corrected chi connectivity index (χ4v) is 17.3. The van der Waals surface area contributed by atoms with Gasteiger partial charge >= 0.3 is 7.12 Å². The lowest BCUT2D eigenvalue weighted by atomic mass is 9.79. The summed E-state index contributed by atoms with van der Waals surface area (Å²) in [6, 6.07) is 25.4. The van der Waals surface area contributed by atoms with Gasteiger partial charge in [0.25, 0.3) is 0 Å². The maximum absolute atomic E-state index is 14.5. The molecule has 552 valence electrons. The Kier molecular flexibility index (Phi) is 26.9. The number of hydrogen-bond donors (Lipinski definition) is 2. The molecule has 8 aromatic rings. The summed E-state index contributed by atoms with van der Waals surface area (Å²) in [5, 5.41) is 27.6. The van der Waals surface area contributed by atoms with E-state index in [0.29, 0.717) is 55.2 Å². The molecule has 0 aliphatic heterocycles. The van der Waals surface area contributed by atoms with E-state index in [2.05, 4.69) is 110 Å². The summed E-state index contributed by atoms with van der Waals surface area (Å²) in [6.45, 7) is 33.4. The number of hydrogen-bond acceptors (Lipinski definition) is 16. The lowest BCUT2D eigenvalue weighted by Crippen LogP contribution is -2.33. The summed E-state index contributed by atoms with van der Waals surface area (Å²) in [5.41, 5.74) is 9.21. The quantitative estimate of drug-likeness (QED) is 0.0187. The third-order valence-electron chi connectivity index (χ3n) is 20.2. The van der Waals surface area contributed by atoms with Gasteiger partial charge in [0.2, 0.25) is 0 Å². The molecule has 0 amide bonds. The molecule has 4 fully saturated rings. The third-order valence-corrected chi connectivity index (χ3v) is 27.2. The van der Waals surface area contributed by atoms with Crippen molar-refractivity contribution in [1.82, 2.24) is 39.2 Å². The summed E-state index contributed by atoms with van der Waals surface area (Å²) < 4.78 is 66.3. The van der Waals surface area contributed by atoms with E-state index in [4.69, 9.17) is 70.5 Å². The highest BCUT2D eigenvalue weighted by Gasteiger charge is 2.38. The van der Waals surface area contributed by atoms with Crippen LogP contribution < -0.4 is 24.7 Å². The highest BCUT2D eigenvalue weighted by Crippen LogP contribution is 2.50. The van der Waals surface area contributed by atoms with Gasteiger partial charge in [-0.2, -0.15) is 19.2 Å². The van der Waals surface area contributed by atoms with Crippen LogP contribution in [0.2, 0.25) is 108 Å². The molecule has 4 saturated carbocycles. The highest BCUT2D eigenvalue weighted by atomic mass is 35.5. The first kappa shape index (κ1) is 78.6. The molecule has 12 rings (SSSR count). The van der Waals surface area contributed by atoms with E-state index in [-0.39, 0.29) is 17.0 Å². The van der Waals surface area contributed by atoms with Gasteiger partial charge in [0.15, 0.2) is 34.4 Å². The van der Waals surface area contributed by atoms with Crippen LogP contribution in [0, 0.1) is 35.3 Å². The minimum atomic E-state index is -1.65. The second-order valence-electron chi connectivity index (χ2n) is 33.5. The van der Waals surface area contributed by atoms with E-state index in [1.54, 1.807) is 6.07 Å². The number of anilines is 2. The largest absolute Gasteiger partial charge is 0.494 e. The molecule has 0 radical (unpaired) electrons. The number of nitrogens with zero attached hydrogens (tertiary/aromatic N) is 10. The number of halogens is 3. The predicted molar refractivity (Wildman–Crippen MR) is 419 cm³/mol. The number of fused-ring (bicyclic) bond motifs is 6. The number of methoxy groups -OCH3 is 2. The maximum atomic E-state index is 14.5. The van der Waals surface area contributed by atoms with Gasteiger partial charge in [0.05, 0.1) is 32.3 Å². The first-order chi connectivity index (χ1) is 48.5. The minimum Gasteiger partial charge on any atom is -0.494 e. The number of benzene rings is 2. The molecule has 26 heteroatoms. The van der Waals surface area contributed by atoms with Gasteiger partial charge in [-0.3, -0.25) is 4.98 Å². The van der Waals surface area contributed by atoms with Crippen LogP contribution in [-0.4, -0.2) is 156 Å². The fraction of sp³-hybridized carbons (Fsp3) is 0.553. The van der Waals surface area contributed by atoms with Crippen molar-refractivity contribution in [3.05, 3.63) is 126 Å². The van der Waals surface area contributed by atoms with Crippen LogP contribution in [0.4, 0.5) is 20.4 Å². The van der Waals surface area contributed by atoms with Crippen molar-refractivity contribution >= 4 is 79.4 Å². The van der Waals surface area contributed by atoms with Crippen LogP contribution in [0.25, 0.3) is 44.8 Å². The highest BCUT2D eigenvalue weighted by molar-refractivity contribution is 6.77. The summed E-state index contributed by atoms with van der Waals surface area (Å²) >= 11 is 6.12. The molecular weight excluding hydrogens is 1380 g/mol. The molecule has 2 N–H and O–H groups in total. The van der Waals surface area contributed by atoms with Crippen molar-refractivity contribution in [1.29, 1.82) is 0 Å². The molecule has 4 aliphatic carbocycles. The molecule has 4 bridgehead atoms. The Morgan fingerprint density at radius 3 is 1.21 bits per heavy atom. The standard InChI is InChI=1S/C38H54FN5O3Si2.C31H48ClN5O2Si2.C7H8BFO3/c1-45-36-13-11-29(21-33(36)39)34-12-10-30(23-40-34)32-24-41-44-37(22-35(42-38(32)44)31-19-27-8-9-28(18-27)20-31)43(25-46-14-16-48(2,3)4)26-47-15-17-49(5,6)7;1-40(2,3)13-11-38-21-36(22-39-12-14-41(4,5)6)30-18-28(26-16-23-7-8-24(15-23)17-26)35-31-27(20-34-37(30)31)25-9-10-29(32)33-19-25;1-12-7-3-2-5(8(10)11)4-6(7)9/h10-13,21-24,27-28,31H,8-9,14-20,25-26H2,1-7H3;9-10,18-20,23-24,26H,7-8,11-17,21-22H2,1-6H3;2-4,10-11H,1H3. The smallest absolute Gasteiger partial charge is 0.488 e. The van der Waals surface area contributed by atoms with E-state index in [1.807, 2.05) is 64.2 Å². The number of ether oxygens (including phenoxy) is 6. The molecule has 4 aliphatic rings. The van der Waals surface area contributed by atoms with Gasteiger partial charge in [-0.1, -0.05) is 128 Å². The Labute approximate surface area is 612 Å². The predicted octanol–water partition coefficient (Wildman–Crippen LogP) is 17.0. The summed E-state index contributed by atoms with van der Waals surface area (Å²) in [6.07, 6.45) is 20.4. The number of aromatic nitrogens is 8. The third kappa shape index (κ3) is 22.1. The molecule has 4 atom stereocenters. The normalized spacial score (nSPS) is 19.0. The van der Waals surface area contributed by atoms with E-state index in [1.165, 1.54) is 102 Å². The Balaban J connectivity index is 0.000000191. The SMILES string of the molecule is COc1ccc(-c2ccc(-c3cnn4c(N(COCC[Si](C)(C)C)COCC[Si](C)(C)C)cc(C5CC6CCC(C6)C5)nc34)cn2)cc1F.COc1ccc(B(O)O)cc1F.C[Si](C)(C)CCOCN(COCC[Si](C)(C)C)c1cc(C2CC3CCC(C3)C2)nc2c(-c3ccc(Cl)nc3)cnn12. The van der Waals surface area contributed by atoms with Crippen molar-refractivity contribution in [2.45, 2.75) is 179 Å². The van der Waals surface area contributed by atoms with Crippen LogP contribution in [0.15, 0.2) is 97.6 Å². The van der Waals surface area contributed by atoms with Gasteiger partial charge in [-0.15, -0.1) is 0 Å². The van der Waals surface area contributed by atoms with E-state index >= 15 is 0 Å². The molecule has 18 nitrogen and oxygen atoms in total. The van der Waals surface area contributed by atoms with Gasteiger partial charge in [0, 0.05) is 134 Å². The molecule has 4 unspecified atom stereocenters. The molecule has 2 aromatic carbocycles. The van der Waals surface area contributed by atoms with Crippen molar-refractivity contribution in [2.75, 3.05) is 77.4 Å². The average molecular weight is 1490 g/mol. The topological polar surface area (TPSA) is 188 Å². The van der Waals surface area contributed by atoms with Crippen LogP contribution in [0.3, 0.4) is 0 Å². The average Bonchev–Trinajstić information content (AvgIpc) is 1.57. The number of pyridine rings is 2. The minimum absolute atomic E-state index is 0.0828. The van der Waals surface area contributed by atoms with E-state index in [9.17, 15) is 8.78 Å². The molecule has 0 spiro atoms. The Morgan fingerprint density at radius 2 is 0.863 bits per heavy atom. The van der Waals surface area contributed by atoms with E-state index in [0.717, 1.165) is 131 Å². The van der Waals surface area contributed by atoms with Crippen LogP contribution >= 0.6 is 11.6 Å². The molecule has 0 saturated heterocycles. The molecule has 6 heterocycles.